The Bertz CT molecular complexity index is 1500. The molecule has 3 heterocycles. The van der Waals surface area contributed by atoms with Crippen molar-refractivity contribution < 1.29 is 0 Å². The van der Waals surface area contributed by atoms with Crippen molar-refractivity contribution in [2.45, 2.75) is 0 Å². The Balaban J connectivity index is 1.55. The van der Waals surface area contributed by atoms with Crippen LogP contribution in [-0.4, -0.2) is 24.5 Å². The summed E-state index contributed by atoms with van der Waals surface area (Å²) in [5.41, 5.74) is 12.0. The summed E-state index contributed by atoms with van der Waals surface area (Å²) in [5.74, 6) is 1.17. The Kier molecular flexibility index (Phi) is 3.52. The number of rotatable bonds is 3. The molecule has 0 unspecified atom stereocenters. The molecule has 6 rings (SSSR count). The first-order valence-corrected chi connectivity index (χ1v) is 9.61. The minimum atomic E-state index is 0.463. The molecule has 5 aromatic rings. The highest BCUT2D eigenvalue weighted by molar-refractivity contribution is 6.03. The van der Waals surface area contributed by atoms with E-state index in [2.05, 4.69) is 33.3 Å². The van der Waals surface area contributed by atoms with E-state index in [4.69, 9.17) is 10.7 Å². The molecule has 142 valence electrons. The zero-order valence-corrected chi connectivity index (χ0v) is 15.9. The van der Waals surface area contributed by atoms with E-state index in [0.29, 0.717) is 11.6 Å². The van der Waals surface area contributed by atoms with Gasteiger partial charge in [0.15, 0.2) is 11.5 Å². The Labute approximate surface area is 172 Å². The first-order valence-electron chi connectivity index (χ1n) is 9.61. The van der Waals surface area contributed by atoms with Crippen LogP contribution >= 0.6 is 0 Å². The average molecular weight is 388 g/mol. The molecule has 1 aliphatic rings. The van der Waals surface area contributed by atoms with Gasteiger partial charge in [-0.2, -0.15) is 0 Å². The highest BCUT2D eigenvalue weighted by Gasteiger charge is 2.18. The van der Waals surface area contributed by atoms with Crippen LogP contribution < -0.4 is 5.73 Å². The summed E-state index contributed by atoms with van der Waals surface area (Å²) in [4.78, 5) is 18.0. The summed E-state index contributed by atoms with van der Waals surface area (Å²) < 4.78 is 2.04. The van der Waals surface area contributed by atoms with Gasteiger partial charge in [-0.15, -0.1) is 0 Å². The fraction of sp³-hybridized carbons (Fsp3) is 0. The monoisotopic (exact) mass is 388 g/mol. The number of hydrogen-bond donors (Lipinski definition) is 1. The lowest BCUT2D eigenvalue weighted by atomic mass is 10.0. The summed E-state index contributed by atoms with van der Waals surface area (Å²) in [7, 11) is 0. The molecule has 0 bridgehead atoms. The smallest absolute Gasteiger partial charge is 0.159 e. The van der Waals surface area contributed by atoms with Gasteiger partial charge in [-0.25, -0.2) is 19.9 Å². The number of hydrogen-bond acceptors (Lipinski definition) is 5. The van der Waals surface area contributed by atoms with E-state index in [1.54, 1.807) is 0 Å². The number of anilines is 1. The fourth-order valence-electron chi connectivity index (χ4n) is 3.76. The quantitative estimate of drug-likeness (QED) is 0.484. The van der Waals surface area contributed by atoms with E-state index in [-0.39, 0.29) is 0 Å². The Morgan fingerprint density at radius 1 is 0.900 bits per heavy atom. The minimum Gasteiger partial charge on any atom is -0.383 e. The molecule has 6 nitrogen and oxygen atoms in total. The molecule has 0 fully saturated rings. The molecule has 2 aromatic carbocycles. The third kappa shape index (κ3) is 2.51. The third-order valence-corrected chi connectivity index (χ3v) is 5.35. The van der Waals surface area contributed by atoms with Gasteiger partial charge in [-0.05, 0) is 23.8 Å². The number of benzene rings is 2. The zero-order chi connectivity index (χ0) is 20.1. The second-order valence-corrected chi connectivity index (χ2v) is 7.15. The van der Waals surface area contributed by atoms with Gasteiger partial charge in [-0.1, -0.05) is 48.5 Å². The summed E-state index contributed by atoms with van der Waals surface area (Å²) in [6.45, 7) is 0. The van der Waals surface area contributed by atoms with E-state index in [0.717, 1.165) is 44.3 Å². The maximum atomic E-state index is 6.25. The Morgan fingerprint density at radius 3 is 2.57 bits per heavy atom. The first-order chi connectivity index (χ1) is 14.8. The number of nitrogens with two attached hydrogens (primary N) is 1. The largest absolute Gasteiger partial charge is 0.383 e. The summed E-state index contributed by atoms with van der Waals surface area (Å²) in [6, 6.07) is 16.1. The van der Waals surface area contributed by atoms with Crippen LogP contribution in [0.5, 0.6) is 0 Å². The zero-order valence-electron chi connectivity index (χ0n) is 15.9. The minimum absolute atomic E-state index is 0.463. The number of nitrogens with zero attached hydrogens (tertiary/aromatic N) is 5. The number of allylic oxidation sites excluding steroid dienone is 4. The molecular formula is C24H16N6. The molecule has 2 N–H and O–H groups in total. The molecule has 0 saturated carbocycles. The van der Waals surface area contributed by atoms with Crippen molar-refractivity contribution in [1.82, 2.24) is 24.5 Å². The van der Waals surface area contributed by atoms with Crippen LogP contribution in [0.1, 0.15) is 0 Å². The van der Waals surface area contributed by atoms with E-state index in [9.17, 15) is 0 Å². The number of nitrogen functional groups attached to an aromatic ring is 1. The topological polar surface area (TPSA) is 82.5 Å². The lowest BCUT2D eigenvalue weighted by Crippen LogP contribution is -1.99. The lowest BCUT2D eigenvalue weighted by Gasteiger charge is -2.09. The Hall–Kier alpha value is -4.32. The van der Waals surface area contributed by atoms with Crippen LogP contribution in [0.3, 0.4) is 0 Å². The number of aromatic nitrogens is 5. The molecule has 0 radical (unpaired) electrons. The molecule has 6 heteroatoms. The SMILES string of the molecule is Nc1ncnc2c1c(-c1ccc3cnc(-c4ccccc4)nc3c1)cn2C1=CC=C1. The molecule has 30 heavy (non-hydrogen) atoms. The first kappa shape index (κ1) is 16.6. The van der Waals surface area contributed by atoms with Crippen molar-refractivity contribution in [2.24, 2.45) is 0 Å². The van der Waals surface area contributed by atoms with Gasteiger partial charge in [0.25, 0.3) is 0 Å². The second kappa shape index (κ2) is 6.35. The van der Waals surface area contributed by atoms with Crippen LogP contribution in [-0.2, 0) is 0 Å². The van der Waals surface area contributed by atoms with Gasteiger partial charge in [-0.3, -0.25) is 0 Å². The molecule has 0 amide bonds. The van der Waals surface area contributed by atoms with E-state index >= 15 is 0 Å². The fourth-order valence-corrected chi connectivity index (χ4v) is 3.76. The summed E-state index contributed by atoms with van der Waals surface area (Å²) in [6.07, 6.45) is 11.5. The number of fused-ring (bicyclic) bond motifs is 2. The maximum Gasteiger partial charge on any atom is 0.159 e. The van der Waals surface area contributed by atoms with Gasteiger partial charge in [0.2, 0.25) is 0 Å². The van der Waals surface area contributed by atoms with Gasteiger partial charge in [0.1, 0.15) is 12.1 Å². The third-order valence-electron chi connectivity index (χ3n) is 5.35. The van der Waals surface area contributed by atoms with Crippen molar-refractivity contribution in [2.75, 3.05) is 5.73 Å². The highest BCUT2D eigenvalue weighted by Crippen LogP contribution is 2.36. The normalized spacial score (nSPS) is 12.9. The maximum absolute atomic E-state index is 6.25. The molecule has 0 saturated heterocycles. The van der Waals surface area contributed by atoms with Crippen molar-refractivity contribution in [3.8, 4) is 22.5 Å². The summed E-state index contributed by atoms with van der Waals surface area (Å²) in [5, 5.41) is 1.83. The van der Waals surface area contributed by atoms with Gasteiger partial charge in [0.05, 0.1) is 10.9 Å². The van der Waals surface area contributed by atoms with Crippen LogP contribution in [0.25, 0.3) is 50.1 Å². The van der Waals surface area contributed by atoms with Crippen LogP contribution in [0.4, 0.5) is 5.82 Å². The van der Waals surface area contributed by atoms with Gasteiger partial charge >= 0.3 is 0 Å². The van der Waals surface area contributed by atoms with Crippen molar-refractivity contribution in [1.29, 1.82) is 0 Å². The predicted molar refractivity (Wildman–Crippen MR) is 119 cm³/mol. The van der Waals surface area contributed by atoms with Crippen LogP contribution in [0.15, 0.2) is 85.5 Å². The van der Waals surface area contributed by atoms with Gasteiger partial charge < -0.3 is 10.3 Å². The standard InChI is InChI=1S/C24H16N6/c25-22-21-19(13-30(18-7-4-8-18)24(21)28-14-27-22)16-9-10-17-12-26-23(29-20(17)11-16)15-5-2-1-3-6-15/h1-14H,(H2,25,27,28). The van der Waals surface area contributed by atoms with Crippen LogP contribution in [0.2, 0.25) is 0 Å². The molecule has 3 aromatic heterocycles. The summed E-state index contributed by atoms with van der Waals surface area (Å²) >= 11 is 0. The average Bonchev–Trinajstić information content (AvgIpc) is 3.13. The molecule has 0 spiro atoms. The highest BCUT2D eigenvalue weighted by atomic mass is 15.1. The van der Waals surface area contributed by atoms with Crippen LogP contribution in [0, 0.1) is 0 Å². The molecule has 0 aliphatic heterocycles. The molecular weight excluding hydrogens is 372 g/mol. The van der Waals surface area contributed by atoms with Crippen molar-refractivity contribution in [3.05, 3.63) is 85.5 Å². The lowest BCUT2D eigenvalue weighted by molar-refractivity contribution is 1.10. The van der Waals surface area contributed by atoms with E-state index < -0.39 is 0 Å². The van der Waals surface area contributed by atoms with E-state index in [1.807, 2.05) is 65.4 Å². The van der Waals surface area contributed by atoms with Crippen molar-refractivity contribution >= 4 is 33.5 Å². The predicted octanol–water partition coefficient (Wildman–Crippen LogP) is 4.70. The van der Waals surface area contributed by atoms with Crippen molar-refractivity contribution in [3.63, 3.8) is 0 Å². The van der Waals surface area contributed by atoms with Gasteiger partial charge in [0, 0.05) is 34.6 Å². The second-order valence-electron chi connectivity index (χ2n) is 7.15. The Morgan fingerprint density at radius 2 is 1.77 bits per heavy atom. The molecule has 1 aliphatic carbocycles. The molecule has 0 atom stereocenters. The van der Waals surface area contributed by atoms with E-state index in [1.165, 1.54) is 6.33 Å².